The third kappa shape index (κ3) is 3.24. The Balaban J connectivity index is 2.23. The van der Waals surface area contributed by atoms with Gasteiger partial charge >= 0.3 is 0 Å². The molecular weight excluding hydrogens is 316 g/mol. The van der Waals surface area contributed by atoms with E-state index in [1.165, 1.54) is 12.1 Å². The van der Waals surface area contributed by atoms with Crippen LogP contribution in [0.25, 0.3) is 0 Å². The number of aromatic hydroxyl groups is 4. The second-order valence-electron chi connectivity index (χ2n) is 6.27. The number of aryl methyl sites for hydroxylation is 2. The maximum Gasteiger partial charge on any atom is 0.123 e. The van der Waals surface area contributed by atoms with Gasteiger partial charge in [-0.2, -0.15) is 0 Å². The first kappa shape index (κ1) is 16.7. The summed E-state index contributed by atoms with van der Waals surface area (Å²) in [6.07, 6.45) is 0. The van der Waals surface area contributed by atoms with Crippen molar-refractivity contribution in [1.29, 1.82) is 0 Å². The molecule has 0 spiro atoms. The molecule has 128 valence electrons. The summed E-state index contributed by atoms with van der Waals surface area (Å²) in [5, 5.41) is 39.6. The minimum Gasteiger partial charge on any atom is -0.508 e. The van der Waals surface area contributed by atoms with E-state index >= 15 is 0 Å². The van der Waals surface area contributed by atoms with Gasteiger partial charge in [0, 0.05) is 17.5 Å². The highest BCUT2D eigenvalue weighted by Crippen LogP contribution is 2.40. The molecule has 4 heteroatoms. The predicted molar refractivity (Wildman–Crippen MR) is 96.4 cm³/mol. The van der Waals surface area contributed by atoms with Crippen LogP contribution in [0.5, 0.6) is 23.0 Å². The molecule has 0 unspecified atom stereocenters. The first-order valence-electron chi connectivity index (χ1n) is 7.97. The van der Waals surface area contributed by atoms with Gasteiger partial charge in [-0.05, 0) is 54.3 Å². The molecule has 0 radical (unpaired) electrons. The van der Waals surface area contributed by atoms with Crippen molar-refractivity contribution in [3.8, 4) is 23.0 Å². The number of phenolic OH excluding ortho intramolecular Hbond substituents is 4. The molecular formula is C21H20O4. The highest BCUT2D eigenvalue weighted by molar-refractivity contribution is 5.53. The molecule has 25 heavy (non-hydrogen) atoms. The monoisotopic (exact) mass is 336 g/mol. The summed E-state index contributed by atoms with van der Waals surface area (Å²) in [5.41, 5.74) is 3.88. The van der Waals surface area contributed by atoms with E-state index in [2.05, 4.69) is 0 Å². The number of benzene rings is 3. The van der Waals surface area contributed by atoms with Gasteiger partial charge in [0.25, 0.3) is 0 Å². The van der Waals surface area contributed by atoms with Gasteiger partial charge in [0.1, 0.15) is 23.0 Å². The van der Waals surface area contributed by atoms with Crippen LogP contribution in [0.4, 0.5) is 0 Å². The topological polar surface area (TPSA) is 80.9 Å². The number of phenols is 4. The van der Waals surface area contributed by atoms with Crippen molar-refractivity contribution in [2.45, 2.75) is 19.8 Å². The molecule has 0 aliphatic carbocycles. The van der Waals surface area contributed by atoms with Gasteiger partial charge in [0.15, 0.2) is 0 Å². The Morgan fingerprint density at radius 3 is 1.56 bits per heavy atom. The Kier molecular flexibility index (Phi) is 4.28. The van der Waals surface area contributed by atoms with Gasteiger partial charge in [0.2, 0.25) is 0 Å². The molecule has 3 aromatic rings. The average molecular weight is 336 g/mol. The van der Waals surface area contributed by atoms with E-state index in [-0.39, 0.29) is 28.9 Å². The van der Waals surface area contributed by atoms with Crippen molar-refractivity contribution >= 4 is 0 Å². The van der Waals surface area contributed by atoms with Crippen LogP contribution in [0, 0.1) is 13.8 Å². The Morgan fingerprint density at radius 2 is 1.12 bits per heavy atom. The highest BCUT2D eigenvalue weighted by Gasteiger charge is 2.21. The molecule has 0 aromatic heterocycles. The zero-order valence-electron chi connectivity index (χ0n) is 14.1. The molecule has 3 aromatic carbocycles. The second kappa shape index (κ2) is 6.40. The third-order valence-corrected chi connectivity index (χ3v) is 4.43. The predicted octanol–water partition coefficient (Wildman–Crippen LogP) is 4.31. The largest absolute Gasteiger partial charge is 0.508 e. The van der Waals surface area contributed by atoms with E-state index in [1.807, 2.05) is 38.1 Å². The second-order valence-corrected chi connectivity index (χ2v) is 6.27. The van der Waals surface area contributed by atoms with Gasteiger partial charge in [-0.15, -0.1) is 0 Å². The van der Waals surface area contributed by atoms with Crippen LogP contribution < -0.4 is 0 Å². The van der Waals surface area contributed by atoms with E-state index in [1.54, 1.807) is 18.2 Å². The van der Waals surface area contributed by atoms with E-state index in [9.17, 15) is 20.4 Å². The molecule has 0 aliphatic rings. The molecule has 3 rings (SSSR count). The zero-order valence-corrected chi connectivity index (χ0v) is 14.1. The summed E-state index contributed by atoms with van der Waals surface area (Å²) < 4.78 is 0. The normalized spacial score (nSPS) is 11.0. The first-order valence-corrected chi connectivity index (χ1v) is 7.97. The average Bonchev–Trinajstić information content (AvgIpc) is 2.56. The molecule has 0 atom stereocenters. The Hall–Kier alpha value is -3.14. The Bertz CT molecular complexity index is 880. The van der Waals surface area contributed by atoms with Crippen LogP contribution in [-0.4, -0.2) is 20.4 Å². The van der Waals surface area contributed by atoms with Gasteiger partial charge in [-0.25, -0.2) is 0 Å². The summed E-state index contributed by atoms with van der Waals surface area (Å²) >= 11 is 0. The highest BCUT2D eigenvalue weighted by atomic mass is 16.3. The van der Waals surface area contributed by atoms with Crippen LogP contribution in [0.2, 0.25) is 0 Å². The first-order chi connectivity index (χ1) is 11.9. The molecule has 0 saturated carbocycles. The van der Waals surface area contributed by atoms with E-state index in [0.717, 1.165) is 22.3 Å². The van der Waals surface area contributed by atoms with Gasteiger partial charge in [-0.3, -0.25) is 0 Å². The fourth-order valence-electron chi connectivity index (χ4n) is 3.04. The van der Waals surface area contributed by atoms with Crippen LogP contribution in [0.1, 0.15) is 33.7 Å². The minimum absolute atomic E-state index is 0.0104. The van der Waals surface area contributed by atoms with Crippen molar-refractivity contribution in [2.75, 3.05) is 0 Å². The lowest BCUT2D eigenvalue weighted by Crippen LogP contribution is -2.04. The summed E-state index contributed by atoms with van der Waals surface area (Å²) in [6, 6.07) is 15.1. The van der Waals surface area contributed by atoms with Crippen molar-refractivity contribution < 1.29 is 20.4 Å². The molecule has 4 nitrogen and oxygen atoms in total. The lowest BCUT2D eigenvalue weighted by molar-refractivity contribution is 0.445. The van der Waals surface area contributed by atoms with E-state index in [4.69, 9.17) is 0 Å². The summed E-state index contributed by atoms with van der Waals surface area (Å²) in [4.78, 5) is 0. The van der Waals surface area contributed by atoms with Crippen molar-refractivity contribution in [1.82, 2.24) is 0 Å². The third-order valence-electron chi connectivity index (χ3n) is 4.43. The molecule has 0 aliphatic heterocycles. The van der Waals surface area contributed by atoms with Crippen LogP contribution in [0.3, 0.4) is 0 Å². The molecule has 0 heterocycles. The SMILES string of the molecule is Cc1cc(C(c2ccc(O)c(C)c2)c2ccc(O)cc2O)ccc1O. The van der Waals surface area contributed by atoms with Crippen LogP contribution in [-0.2, 0) is 0 Å². The quantitative estimate of drug-likeness (QED) is 0.537. The van der Waals surface area contributed by atoms with Crippen molar-refractivity contribution in [2.24, 2.45) is 0 Å². The van der Waals surface area contributed by atoms with Crippen molar-refractivity contribution in [3.05, 3.63) is 82.4 Å². The summed E-state index contributed by atoms with van der Waals surface area (Å²) in [6.45, 7) is 3.63. The van der Waals surface area contributed by atoms with Crippen LogP contribution in [0.15, 0.2) is 54.6 Å². The van der Waals surface area contributed by atoms with Crippen molar-refractivity contribution in [3.63, 3.8) is 0 Å². The van der Waals surface area contributed by atoms with Gasteiger partial charge in [0.05, 0.1) is 0 Å². The lowest BCUT2D eigenvalue weighted by atomic mass is 9.83. The van der Waals surface area contributed by atoms with Gasteiger partial charge in [-0.1, -0.05) is 30.3 Å². The Morgan fingerprint density at radius 1 is 0.600 bits per heavy atom. The molecule has 0 bridgehead atoms. The molecule has 0 fully saturated rings. The maximum atomic E-state index is 10.4. The lowest BCUT2D eigenvalue weighted by Gasteiger charge is -2.21. The van der Waals surface area contributed by atoms with E-state index in [0.29, 0.717) is 5.56 Å². The number of hydrogen-bond donors (Lipinski definition) is 4. The fourth-order valence-corrected chi connectivity index (χ4v) is 3.04. The van der Waals surface area contributed by atoms with Crippen LogP contribution >= 0.6 is 0 Å². The number of hydrogen-bond acceptors (Lipinski definition) is 4. The molecule has 0 amide bonds. The molecule has 0 saturated heterocycles. The van der Waals surface area contributed by atoms with Gasteiger partial charge < -0.3 is 20.4 Å². The standard InChI is InChI=1S/C21H20O4/c1-12-9-14(3-7-18(12)23)21(15-4-8-19(24)13(2)10-15)17-6-5-16(22)11-20(17)25/h3-11,21-25H,1-2H3. The zero-order chi connectivity index (χ0) is 18.1. The fraction of sp³-hybridized carbons (Fsp3) is 0.143. The minimum atomic E-state index is -0.306. The smallest absolute Gasteiger partial charge is 0.123 e. The van der Waals surface area contributed by atoms with E-state index < -0.39 is 0 Å². The summed E-state index contributed by atoms with van der Waals surface area (Å²) in [7, 11) is 0. The molecule has 4 N–H and O–H groups in total. The number of rotatable bonds is 3. The summed E-state index contributed by atoms with van der Waals surface area (Å²) in [5.74, 6) is 0.0862. The Labute approximate surface area is 146 Å². The maximum absolute atomic E-state index is 10.4.